The number of nitrogens with zero attached hydrogens (tertiary/aromatic N) is 2. The van der Waals surface area contributed by atoms with E-state index >= 15 is 0 Å². The summed E-state index contributed by atoms with van der Waals surface area (Å²) in [6.45, 7) is 6.62. The van der Waals surface area contributed by atoms with E-state index in [0.29, 0.717) is 13.1 Å². The number of carbonyl (C=O) groups excluding carboxylic acids is 1. The third-order valence-corrected chi connectivity index (χ3v) is 3.04. The summed E-state index contributed by atoms with van der Waals surface area (Å²) in [4.78, 5) is 24.3. The SMILES string of the molecule is CCN(CC(C)C)C(=O)c1cc(NC)c(F)cc1[N+](=O)[O-]. The number of anilines is 1. The standard InChI is InChI=1S/C14H20FN3O3/c1-5-17(8-9(2)3)14(19)10-6-12(16-4)11(15)7-13(10)18(20)21/h6-7,9,16H,5,8H2,1-4H3. The Labute approximate surface area is 123 Å². The second kappa shape index (κ2) is 7.01. The molecule has 7 heteroatoms. The summed E-state index contributed by atoms with van der Waals surface area (Å²) in [6, 6.07) is 1.97. The van der Waals surface area contributed by atoms with Gasteiger partial charge in [0, 0.05) is 20.1 Å². The van der Waals surface area contributed by atoms with Crippen LogP contribution in [0.5, 0.6) is 0 Å². The lowest BCUT2D eigenvalue weighted by atomic mass is 10.1. The van der Waals surface area contributed by atoms with Crippen LogP contribution in [0.3, 0.4) is 0 Å². The predicted molar refractivity (Wildman–Crippen MR) is 79.0 cm³/mol. The van der Waals surface area contributed by atoms with E-state index in [1.54, 1.807) is 6.92 Å². The number of hydrogen-bond donors (Lipinski definition) is 1. The van der Waals surface area contributed by atoms with Crippen molar-refractivity contribution in [2.24, 2.45) is 5.92 Å². The summed E-state index contributed by atoms with van der Waals surface area (Å²) in [5, 5.41) is 13.6. The number of rotatable bonds is 6. The van der Waals surface area contributed by atoms with Crippen molar-refractivity contribution in [3.8, 4) is 0 Å². The van der Waals surface area contributed by atoms with Gasteiger partial charge in [0.25, 0.3) is 11.6 Å². The van der Waals surface area contributed by atoms with Crippen molar-refractivity contribution in [1.82, 2.24) is 4.90 Å². The molecule has 0 spiro atoms. The van der Waals surface area contributed by atoms with E-state index in [9.17, 15) is 19.3 Å². The van der Waals surface area contributed by atoms with E-state index in [1.165, 1.54) is 18.0 Å². The van der Waals surface area contributed by atoms with Gasteiger partial charge in [-0.3, -0.25) is 14.9 Å². The normalized spacial score (nSPS) is 10.6. The number of nitrogens with one attached hydrogen (secondary N) is 1. The fraction of sp³-hybridized carbons (Fsp3) is 0.500. The maximum Gasteiger partial charge on any atom is 0.285 e. The van der Waals surface area contributed by atoms with Crippen molar-refractivity contribution in [3.05, 3.63) is 33.6 Å². The molecule has 1 rings (SSSR count). The molecule has 0 heterocycles. The Hall–Kier alpha value is -2.18. The van der Waals surface area contributed by atoms with Gasteiger partial charge in [0.1, 0.15) is 5.56 Å². The van der Waals surface area contributed by atoms with Crippen molar-refractivity contribution < 1.29 is 14.1 Å². The van der Waals surface area contributed by atoms with Crippen LogP contribution in [0.2, 0.25) is 0 Å². The van der Waals surface area contributed by atoms with E-state index in [-0.39, 0.29) is 17.2 Å². The molecule has 0 fully saturated rings. The number of hydrogen-bond acceptors (Lipinski definition) is 4. The van der Waals surface area contributed by atoms with Crippen LogP contribution in [0.15, 0.2) is 12.1 Å². The van der Waals surface area contributed by atoms with Crippen LogP contribution >= 0.6 is 0 Å². The second-order valence-electron chi connectivity index (χ2n) is 5.09. The van der Waals surface area contributed by atoms with Gasteiger partial charge in [0.2, 0.25) is 0 Å². The largest absolute Gasteiger partial charge is 0.386 e. The van der Waals surface area contributed by atoms with Crippen molar-refractivity contribution >= 4 is 17.3 Å². The lowest BCUT2D eigenvalue weighted by Gasteiger charge is -2.23. The average molecular weight is 297 g/mol. The first-order chi connectivity index (χ1) is 9.81. The number of nitro groups is 1. The minimum atomic E-state index is -0.757. The highest BCUT2D eigenvalue weighted by atomic mass is 19.1. The third-order valence-electron chi connectivity index (χ3n) is 3.04. The molecule has 0 aliphatic carbocycles. The lowest BCUT2D eigenvalue weighted by Crippen LogP contribution is -2.34. The van der Waals surface area contributed by atoms with Gasteiger partial charge in [0.05, 0.1) is 16.7 Å². The van der Waals surface area contributed by atoms with E-state index in [2.05, 4.69) is 5.32 Å². The summed E-state index contributed by atoms with van der Waals surface area (Å²) in [5.41, 5.74) is -0.559. The van der Waals surface area contributed by atoms with Gasteiger partial charge in [-0.1, -0.05) is 13.8 Å². The average Bonchev–Trinajstić information content (AvgIpc) is 2.43. The Balaban J connectivity index is 3.31. The molecular weight excluding hydrogens is 277 g/mol. The first-order valence-corrected chi connectivity index (χ1v) is 6.76. The Morgan fingerprint density at radius 3 is 2.52 bits per heavy atom. The Bertz CT molecular complexity index is 547. The second-order valence-corrected chi connectivity index (χ2v) is 5.09. The quantitative estimate of drug-likeness (QED) is 0.647. The van der Waals surface area contributed by atoms with Crippen LogP contribution in [0, 0.1) is 21.8 Å². The summed E-state index contributed by atoms with van der Waals surface area (Å²) in [5.74, 6) is -0.987. The zero-order valence-electron chi connectivity index (χ0n) is 12.6. The smallest absolute Gasteiger partial charge is 0.285 e. The molecule has 0 saturated carbocycles. The molecule has 1 N–H and O–H groups in total. The third kappa shape index (κ3) is 3.90. The number of benzene rings is 1. The van der Waals surface area contributed by atoms with Gasteiger partial charge in [-0.2, -0.15) is 0 Å². The lowest BCUT2D eigenvalue weighted by molar-refractivity contribution is -0.385. The topological polar surface area (TPSA) is 75.5 Å². The van der Waals surface area contributed by atoms with Gasteiger partial charge < -0.3 is 10.2 Å². The zero-order chi connectivity index (χ0) is 16.2. The Kier molecular flexibility index (Phi) is 5.63. The maximum atomic E-state index is 13.7. The fourth-order valence-electron chi connectivity index (χ4n) is 2.04. The molecule has 0 radical (unpaired) electrons. The monoisotopic (exact) mass is 297 g/mol. The first kappa shape index (κ1) is 16.9. The highest BCUT2D eigenvalue weighted by Gasteiger charge is 2.26. The van der Waals surface area contributed by atoms with E-state index in [0.717, 1.165) is 6.07 Å². The maximum absolute atomic E-state index is 13.7. The molecule has 0 unspecified atom stereocenters. The van der Waals surface area contributed by atoms with Gasteiger partial charge in [0.15, 0.2) is 5.82 Å². The van der Waals surface area contributed by atoms with Crippen molar-refractivity contribution in [2.45, 2.75) is 20.8 Å². The number of carbonyl (C=O) groups is 1. The van der Waals surface area contributed by atoms with Gasteiger partial charge in [-0.05, 0) is 18.9 Å². The molecule has 1 aromatic rings. The molecule has 6 nitrogen and oxygen atoms in total. The number of halogens is 1. The molecule has 0 bridgehead atoms. The molecule has 0 aliphatic rings. The summed E-state index contributed by atoms with van der Waals surface area (Å²) in [7, 11) is 1.49. The minimum absolute atomic E-state index is 0.0598. The van der Waals surface area contributed by atoms with Crippen LogP contribution in [0.4, 0.5) is 15.8 Å². The highest BCUT2D eigenvalue weighted by molar-refractivity contribution is 5.99. The van der Waals surface area contributed by atoms with Crippen molar-refractivity contribution in [3.63, 3.8) is 0 Å². The molecule has 0 saturated heterocycles. The Morgan fingerprint density at radius 1 is 1.48 bits per heavy atom. The van der Waals surface area contributed by atoms with Crippen molar-refractivity contribution in [2.75, 3.05) is 25.5 Å². The number of nitro benzene ring substituents is 1. The van der Waals surface area contributed by atoms with Gasteiger partial charge in [-0.25, -0.2) is 4.39 Å². The highest BCUT2D eigenvalue weighted by Crippen LogP contribution is 2.27. The molecule has 1 amide bonds. The molecule has 1 aromatic carbocycles. The molecule has 21 heavy (non-hydrogen) atoms. The van der Waals surface area contributed by atoms with Crippen LogP contribution in [0.25, 0.3) is 0 Å². The van der Waals surface area contributed by atoms with E-state index < -0.39 is 22.3 Å². The summed E-state index contributed by atoms with van der Waals surface area (Å²) < 4.78 is 13.7. The summed E-state index contributed by atoms with van der Waals surface area (Å²) in [6.07, 6.45) is 0. The summed E-state index contributed by atoms with van der Waals surface area (Å²) >= 11 is 0. The molecule has 0 aromatic heterocycles. The van der Waals surface area contributed by atoms with Crippen LogP contribution in [-0.4, -0.2) is 35.9 Å². The molecule has 0 aliphatic heterocycles. The predicted octanol–water partition coefficient (Wildman–Crippen LogP) is 2.89. The van der Waals surface area contributed by atoms with Crippen molar-refractivity contribution in [1.29, 1.82) is 0 Å². The van der Waals surface area contributed by atoms with Gasteiger partial charge >= 0.3 is 0 Å². The van der Waals surface area contributed by atoms with Crippen LogP contribution < -0.4 is 5.32 Å². The number of amides is 1. The first-order valence-electron chi connectivity index (χ1n) is 6.76. The fourth-order valence-corrected chi connectivity index (χ4v) is 2.04. The molecule has 116 valence electrons. The van der Waals surface area contributed by atoms with E-state index in [1.807, 2.05) is 13.8 Å². The minimum Gasteiger partial charge on any atom is -0.386 e. The van der Waals surface area contributed by atoms with Crippen LogP contribution in [-0.2, 0) is 0 Å². The zero-order valence-corrected chi connectivity index (χ0v) is 12.6. The molecular formula is C14H20FN3O3. The van der Waals surface area contributed by atoms with Crippen LogP contribution in [0.1, 0.15) is 31.1 Å². The van der Waals surface area contributed by atoms with E-state index in [4.69, 9.17) is 0 Å². The van der Waals surface area contributed by atoms with Gasteiger partial charge in [-0.15, -0.1) is 0 Å². The molecule has 0 atom stereocenters. The Morgan fingerprint density at radius 2 is 2.10 bits per heavy atom.